The molecule has 1 aromatic heterocycles. The summed E-state index contributed by atoms with van der Waals surface area (Å²) in [6.07, 6.45) is 0.492. The average molecular weight is 405 g/mol. The third-order valence-electron chi connectivity index (χ3n) is 5.25. The summed E-state index contributed by atoms with van der Waals surface area (Å²) in [7, 11) is 0. The molecule has 1 saturated heterocycles. The van der Waals surface area contributed by atoms with Crippen LogP contribution in [0.2, 0.25) is 0 Å². The number of carbonyl (C=O) groups excluding carboxylic acids is 1. The Labute approximate surface area is 176 Å². The van der Waals surface area contributed by atoms with Crippen molar-refractivity contribution in [3.8, 4) is 17.1 Å². The van der Waals surface area contributed by atoms with Gasteiger partial charge in [-0.1, -0.05) is 31.1 Å². The summed E-state index contributed by atoms with van der Waals surface area (Å²) in [6.45, 7) is 8.82. The zero-order valence-corrected chi connectivity index (χ0v) is 17.8. The van der Waals surface area contributed by atoms with E-state index in [9.17, 15) is 4.79 Å². The first-order valence-corrected chi connectivity index (χ1v) is 10.4. The van der Waals surface area contributed by atoms with Crippen LogP contribution in [0.5, 0.6) is 5.75 Å². The van der Waals surface area contributed by atoms with Crippen molar-refractivity contribution in [3.05, 3.63) is 60.0 Å². The van der Waals surface area contributed by atoms with Crippen LogP contribution in [-0.2, 0) is 4.79 Å². The highest BCUT2D eigenvalue weighted by Gasteiger charge is 2.35. The van der Waals surface area contributed by atoms with Gasteiger partial charge in [-0.2, -0.15) is 4.98 Å². The van der Waals surface area contributed by atoms with Crippen molar-refractivity contribution < 1.29 is 14.1 Å². The number of benzene rings is 2. The third-order valence-corrected chi connectivity index (χ3v) is 5.25. The van der Waals surface area contributed by atoms with Crippen LogP contribution in [0.15, 0.2) is 53.1 Å². The molecule has 0 radical (unpaired) electrons. The number of nitrogens with zero attached hydrogens (tertiary/aromatic N) is 3. The molecule has 6 nitrogen and oxygen atoms in total. The molecule has 2 heterocycles. The largest absolute Gasteiger partial charge is 0.491 e. The second-order valence-corrected chi connectivity index (χ2v) is 8.30. The maximum atomic E-state index is 12.7. The van der Waals surface area contributed by atoms with E-state index >= 15 is 0 Å². The first-order valence-electron chi connectivity index (χ1n) is 10.4. The Balaban J connectivity index is 1.49. The van der Waals surface area contributed by atoms with Crippen LogP contribution in [0, 0.1) is 0 Å². The lowest BCUT2D eigenvalue weighted by Crippen LogP contribution is -2.24. The number of ether oxygens (including phenoxy) is 1. The van der Waals surface area contributed by atoms with Crippen LogP contribution in [-0.4, -0.2) is 28.7 Å². The lowest BCUT2D eigenvalue weighted by atomic mass is 10.0. The average Bonchev–Trinajstić information content (AvgIpc) is 3.35. The minimum atomic E-state index is -0.106. The van der Waals surface area contributed by atoms with Gasteiger partial charge in [0.15, 0.2) is 0 Å². The summed E-state index contributed by atoms with van der Waals surface area (Å²) >= 11 is 0. The molecular formula is C24H27N3O3. The molecule has 30 heavy (non-hydrogen) atoms. The highest BCUT2D eigenvalue weighted by atomic mass is 16.5. The number of hydrogen-bond acceptors (Lipinski definition) is 5. The minimum absolute atomic E-state index is 0.0795. The summed E-state index contributed by atoms with van der Waals surface area (Å²) in [5.41, 5.74) is 3.00. The maximum Gasteiger partial charge on any atom is 0.232 e. The molecule has 1 amide bonds. The number of rotatable bonds is 6. The van der Waals surface area contributed by atoms with Gasteiger partial charge in [0, 0.05) is 24.2 Å². The quantitative estimate of drug-likeness (QED) is 0.566. The topological polar surface area (TPSA) is 68.5 Å². The number of amides is 1. The lowest BCUT2D eigenvalue weighted by Gasteiger charge is -2.18. The van der Waals surface area contributed by atoms with E-state index in [1.165, 1.54) is 5.56 Å². The molecule has 0 spiro atoms. The number of aromatic nitrogens is 2. The van der Waals surface area contributed by atoms with E-state index in [1.54, 1.807) is 0 Å². The molecule has 1 unspecified atom stereocenters. The highest BCUT2D eigenvalue weighted by molar-refractivity contribution is 5.96. The Hall–Kier alpha value is -3.15. The fourth-order valence-corrected chi connectivity index (χ4v) is 3.65. The van der Waals surface area contributed by atoms with Crippen LogP contribution in [0.3, 0.4) is 0 Å². The number of carbonyl (C=O) groups is 1. The van der Waals surface area contributed by atoms with Crippen LogP contribution >= 0.6 is 0 Å². The molecule has 0 N–H and O–H groups in total. The summed E-state index contributed by atoms with van der Waals surface area (Å²) in [5.74, 6) is 2.21. The number of anilines is 1. The summed E-state index contributed by atoms with van der Waals surface area (Å²) in [4.78, 5) is 19.0. The van der Waals surface area contributed by atoms with E-state index < -0.39 is 0 Å². The van der Waals surface area contributed by atoms with Gasteiger partial charge in [0.25, 0.3) is 0 Å². The van der Waals surface area contributed by atoms with Crippen molar-refractivity contribution in [2.24, 2.45) is 0 Å². The Morgan fingerprint density at radius 3 is 2.57 bits per heavy atom. The van der Waals surface area contributed by atoms with Gasteiger partial charge < -0.3 is 14.2 Å². The molecule has 156 valence electrons. The SMILES string of the molecule is CC(C)Oc1ccc(-c2noc(C3CC(=O)N(c4cccc(C(C)C)c4)C3)n2)cc1. The fourth-order valence-electron chi connectivity index (χ4n) is 3.65. The predicted octanol–water partition coefficient (Wildman–Crippen LogP) is 5.17. The van der Waals surface area contributed by atoms with E-state index in [-0.39, 0.29) is 17.9 Å². The summed E-state index contributed by atoms with van der Waals surface area (Å²) in [6, 6.07) is 15.8. The highest BCUT2D eigenvalue weighted by Crippen LogP contribution is 2.33. The van der Waals surface area contributed by atoms with E-state index in [1.807, 2.05) is 55.1 Å². The third kappa shape index (κ3) is 4.22. The van der Waals surface area contributed by atoms with Gasteiger partial charge in [-0.3, -0.25) is 4.79 Å². The van der Waals surface area contributed by atoms with Gasteiger partial charge >= 0.3 is 0 Å². The van der Waals surface area contributed by atoms with Gasteiger partial charge in [0.05, 0.1) is 12.0 Å². The van der Waals surface area contributed by atoms with E-state index in [2.05, 4.69) is 36.1 Å². The van der Waals surface area contributed by atoms with Crippen molar-refractivity contribution in [1.82, 2.24) is 10.1 Å². The minimum Gasteiger partial charge on any atom is -0.491 e. The molecule has 1 fully saturated rings. The van der Waals surface area contributed by atoms with Crippen LogP contribution < -0.4 is 9.64 Å². The fraction of sp³-hybridized carbons (Fsp3) is 0.375. The van der Waals surface area contributed by atoms with E-state index in [0.717, 1.165) is 17.0 Å². The van der Waals surface area contributed by atoms with Gasteiger partial charge in [-0.25, -0.2) is 0 Å². The first kappa shape index (κ1) is 20.1. The molecule has 1 aliphatic rings. The Morgan fingerprint density at radius 1 is 1.10 bits per heavy atom. The van der Waals surface area contributed by atoms with Crippen LogP contribution in [0.4, 0.5) is 5.69 Å². The Morgan fingerprint density at radius 2 is 1.87 bits per heavy atom. The van der Waals surface area contributed by atoms with Gasteiger partial charge in [-0.05, 0) is 61.7 Å². The molecule has 0 saturated carbocycles. The van der Waals surface area contributed by atoms with E-state index in [0.29, 0.717) is 30.6 Å². The maximum absolute atomic E-state index is 12.7. The molecule has 2 aromatic carbocycles. The van der Waals surface area contributed by atoms with Crippen molar-refractivity contribution in [3.63, 3.8) is 0 Å². The predicted molar refractivity (Wildman–Crippen MR) is 116 cm³/mol. The smallest absolute Gasteiger partial charge is 0.232 e. The van der Waals surface area contributed by atoms with Gasteiger partial charge in [0.2, 0.25) is 17.6 Å². The second kappa shape index (κ2) is 8.30. The van der Waals surface area contributed by atoms with Gasteiger partial charge in [-0.15, -0.1) is 0 Å². The van der Waals surface area contributed by atoms with Crippen molar-refractivity contribution in [1.29, 1.82) is 0 Å². The zero-order chi connectivity index (χ0) is 21.3. The second-order valence-electron chi connectivity index (χ2n) is 8.30. The molecule has 0 aliphatic carbocycles. The Kier molecular flexibility index (Phi) is 5.57. The first-order chi connectivity index (χ1) is 14.4. The zero-order valence-electron chi connectivity index (χ0n) is 17.8. The van der Waals surface area contributed by atoms with E-state index in [4.69, 9.17) is 9.26 Å². The molecule has 6 heteroatoms. The summed E-state index contributed by atoms with van der Waals surface area (Å²) in [5, 5.41) is 4.13. The summed E-state index contributed by atoms with van der Waals surface area (Å²) < 4.78 is 11.2. The van der Waals surface area contributed by atoms with Gasteiger partial charge in [0.1, 0.15) is 5.75 Å². The van der Waals surface area contributed by atoms with Crippen LogP contribution in [0.25, 0.3) is 11.4 Å². The Bertz CT molecular complexity index is 1020. The monoisotopic (exact) mass is 405 g/mol. The molecule has 0 bridgehead atoms. The van der Waals surface area contributed by atoms with Crippen LogP contribution in [0.1, 0.15) is 57.4 Å². The van der Waals surface area contributed by atoms with Crippen molar-refractivity contribution in [2.45, 2.75) is 52.1 Å². The lowest BCUT2D eigenvalue weighted by molar-refractivity contribution is -0.117. The molecule has 1 atom stereocenters. The van der Waals surface area contributed by atoms with Crippen molar-refractivity contribution in [2.75, 3.05) is 11.4 Å². The normalized spacial score (nSPS) is 16.7. The molecule has 1 aliphatic heterocycles. The number of hydrogen-bond donors (Lipinski definition) is 0. The standard InChI is InChI=1S/C24H27N3O3/c1-15(2)18-6-5-7-20(12-18)27-14-19(13-22(27)28)24-25-23(26-30-24)17-8-10-21(11-9-17)29-16(3)4/h5-12,15-16,19H,13-14H2,1-4H3. The van der Waals surface area contributed by atoms with Crippen molar-refractivity contribution >= 4 is 11.6 Å². The molecule has 4 rings (SSSR count). The molecular weight excluding hydrogens is 378 g/mol. The molecule has 3 aromatic rings.